The number of carbonyl (C=O) groups is 1. The number of halogens is 3. The van der Waals surface area contributed by atoms with E-state index in [0.29, 0.717) is 22.4 Å². The van der Waals surface area contributed by atoms with Crippen LogP contribution < -0.4 is 5.32 Å². The highest BCUT2D eigenvalue weighted by Gasteiger charge is 2.19. The number of nitrogens with zero attached hydrogens (tertiary/aromatic N) is 4. The smallest absolute Gasteiger partial charge is 0.250 e. The summed E-state index contributed by atoms with van der Waals surface area (Å²) in [6.07, 6.45) is 1.78. The first-order valence-corrected chi connectivity index (χ1v) is 9.80. The largest absolute Gasteiger partial charge is 0.307 e. The number of benzene rings is 1. The van der Waals surface area contributed by atoms with E-state index in [9.17, 15) is 4.79 Å². The topological polar surface area (TPSA) is 64.7 Å². The van der Waals surface area contributed by atoms with Crippen molar-refractivity contribution in [2.24, 2.45) is 0 Å². The molecule has 2 aromatic heterocycles. The van der Waals surface area contributed by atoms with Crippen LogP contribution in [-0.4, -0.2) is 25.5 Å². The number of hydrogen-bond acceptors (Lipinski definition) is 3. The molecule has 3 rings (SSSR count). The zero-order valence-corrected chi connectivity index (χ0v) is 18.1. The number of carbonyl (C=O) groups excluding carboxylic acids is 1. The minimum atomic E-state index is -0.474. The van der Waals surface area contributed by atoms with Gasteiger partial charge in [0, 0.05) is 33.6 Å². The first-order chi connectivity index (χ1) is 12.8. The van der Waals surface area contributed by atoms with Crippen molar-refractivity contribution < 1.29 is 4.79 Å². The predicted octanol–water partition coefficient (Wildman–Crippen LogP) is 5.01. The van der Waals surface area contributed by atoms with Gasteiger partial charge in [-0.15, -0.1) is 0 Å². The zero-order valence-electron chi connectivity index (χ0n) is 15.0. The fourth-order valence-electron chi connectivity index (χ4n) is 2.57. The highest BCUT2D eigenvalue weighted by atomic mass is 79.9. The number of amides is 1. The summed E-state index contributed by atoms with van der Waals surface area (Å²) in [4.78, 5) is 12.5. The van der Waals surface area contributed by atoms with E-state index in [1.807, 2.05) is 13.8 Å². The minimum absolute atomic E-state index is 0.203. The van der Waals surface area contributed by atoms with E-state index in [4.69, 9.17) is 23.2 Å². The third kappa shape index (κ3) is 4.36. The van der Waals surface area contributed by atoms with Crippen LogP contribution in [-0.2, 0) is 11.3 Å². The number of hydrogen-bond donors (Lipinski definition) is 1. The molecule has 1 unspecified atom stereocenters. The molecule has 0 saturated heterocycles. The number of aryl methyl sites for hydroxylation is 2. The third-order valence-electron chi connectivity index (χ3n) is 4.24. The molecule has 27 heavy (non-hydrogen) atoms. The highest BCUT2D eigenvalue weighted by molar-refractivity contribution is 9.10. The first kappa shape index (κ1) is 19.9. The average molecular weight is 471 g/mol. The summed E-state index contributed by atoms with van der Waals surface area (Å²) < 4.78 is 4.23. The first-order valence-electron chi connectivity index (χ1n) is 8.25. The van der Waals surface area contributed by atoms with Crippen LogP contribution in [0.1, 0.15) is 29.9 Å². The van der Waals surface area contributed by atoms with Crippen LogP contribution in [0.15, 0.2) is 34.9 Å². The Balaban J connectivity index is 1.75. The maximum atomic E-state index is 12.5. The van der Waals surface area contributed by atoms with Gasteiger partial charge < -0.3 is 5.32 Å². The molecule has 0 spiro atoms. The van der Waals surface area contributed by atoms with E-state index < -0.39 is 6.04 Å². The SMILES string of the molecule is Cc1nn(C(C)C(=O)Nc2cc(C)n(Cc3c(Cl)cccc3Cl)n2)cc1Br. The predicted molar refractivity (Wildman–Crippen MR) is 111 cm³/mol. The fourth-order valence-corrected chi connectivity index (χ4v) is 3.38. The minimum Gasteiger partial charge on any atom is -0.307 e. The molecular formula is C18H18BrCl2N5O. The summed E-state index contributed by atoms with van der Waals surface area (Å²) in [7, 11) is 0. The Morgan fingerprint density at radius 2 is 1.93 bits per heavy atom. The quantitative estimate of drug-likeness (QED) is 0.569. The van der Waals surface area contributed by atoms with Gasteiger partial charge in [0.1, 0.15) is 6.04 Å². The molecule has 3 aromatic rings. The molecule has 0 bridgehead atoms. The van der Waals surface area contributed by atoms with Crippen molar-refractivity contribution in [3.05, 3.63) is 61.9 Å². The Morgan fingerprint density at radius 3 is 2.52 bits per heavy atom. The Labute approximate surface area is 175 Å². The van der Waals surface area contributed by atoms with Crippen LogP contribution in [0.3, 0.4) is 0 Å². The van der Waals surface area contributed by atoms with Crippen molar-refractivity contribution in [2.75, 3.05) is 5.32 Å². The molecule has 6 nitrogen and oxygen atoms in total. The third-order valence-corrected chi connectivity index (χ3v) is 5.72. The Bertz CT molecular complexity index is 958. The standard InChI is InChI=1S/C18H18BrCl2N5O/c1-10-7-17(22-18(27)12(3)26-9-14(19)11(2)23-26)24-25(10)8-13-15(20)5-4-6-16(13)21/h4-7,9,12H,8H2,1-3H3,(H,22,24,27). The van der Waals surface area contributed by atoms with E-state index in [1.165, 1.54) is 0 Å². The van der Waals surface area contributed by atoms with Crippen molar-refractivity contribution in [3.8, 4) is 0 Å². The van der Waals surface area contributed by atoms with E-state index in [-0.39, 0.29) is 5.91 Å². The van der Waals surface area contributed by atoms with E-state index >= 15 is 0 Å². The Morgan fingerprint density at radius 1 is 1.26 bits per heavy atom. The number of nitrogens with one attached hydrogen (secondary N) is 1. The Kier molecular flexibility index (Phi) is 5.93. The molecule has 0 fully saturated rings. The molecule has 1 aromatic carbocycles. The van der Waals surface area contributed by atoms with E-state index in [2.05, 4.69) is 31.4 Å². The molecule has 0 aliphatic heterocycles. The Hall–Kier alpha value is -1.83. The lowest BCUT2D eigenvalue weighted by molar-refractivity contribution is -0.119. The summed E-state index contributed by atoms with van der Waals surface area (Å²) in [6, 6.07) is 6.71. The zero-order chi connectivity index (χ0) is 19.7. The van der Waals surface area contributed by atoms with Gasteiger partial charge >= 0.3 is 0 Å². The lowest BCUT2D eigenvalue weighted by Gasteiger charge is -2.11. The van der Waals surface area contributed by atoms with Crippen LogP contribution in [0.2, 0.25) is 10.0 Å². The lowest BCUT2D eigenvalue weighted by Crippen LogP contribution is -2.24. The van der Waals surface area contributed by atoms with Crippen molar-refractivity contribution in [2.45, 2.75) is 33.4 Å². The fraction of sp³-hybridized carbons (Fsp3) is 0.278. The molecule has 0 aliphatic rings. The number of aromatic nitrogens is 4. The van der Waals surface area contributed by atoms with Gasteiger partial charge in [-0.2, -0.15) is 10.2 Å². The molecule has 2 heterocycles. The molecule has 142 valence electrons. The van der Waals surface area contributed by atoms with Gasteiger partial charge in [0.05, 0.1) is 16.7 Å². The van der Waals surface area contributed by atoms with Crippen molar-refractivity contribution in [1.82, 2.24) is 19.6 Å². The second-order valence-electron chi connectivity index (χ2n) is 6.24. The van der Waals surface area contributed by atoms with Gasteiger partial charge in [-0.05, 0) is 48.8 Å². The lowest BCUT2D eigenvalue weighted by atomic mass is 10.2. The molecule has 9 heteroatoms. The van der Waals surface area contributed by atoms with Crippen molar-refractivity contribution in [1.29, 1.82) is 0 Å². The summed E-state index contributed by atoms with van der Waals surface area (Å²) in [5.74, 6) is 0.265. The molecule has 1 amide bonds. The second-order valence-corrected chi connectivity index (χ2v) is 7.91. The highest BCUT2D eigenvalue weighted by Crippen LogP contribution is 2.26. The second kappa shape index (κ2) is 8.04. The van der Waals surface area contributed by atoms with Gasteiger partial charge in [0.2, 0.25) is 5.91 Å². The van der Waals surface area contributed by atoms with Gasteiger partial charge in [-0.3, -0.25) is 14.2 Å². The monoisotopic (exact) mass is 469 g/mol. The maximum Gasteiger partial charge on any atom is 0.250 e. The van der Waals surface area contributed by atoms with Gasteiger partial charge in [-0.25, -0.2) is 0 Å². The summed E-state index contributed by atoms with van der Waals surface area (Å²) in [5.41, 5.74) is 2.49. The molecule has 0 radical (unpaired) electrons. The van der Waals surface area contributed by atoms with Gasteiger partial charge in [0.25, 0.3) is 0 Å². The summed E-state index contributed by atoms with van der Waals surface area (Å²) in [6.45, 7) is 5.98. The van der Waals surface area contributed by atoms with Crippen LogP contribution >= 0.6 is 39.1 Å². The normalized spacial score (nSPS) is 12.2. The maximum absolute atomic E-state index is 12.5. The molecule has 0 aliphatic carbocycles. The van der Waals surface area contributed by atoms with Gasteiger partial charge in [0.15, 0.2) is 5.82 Å². The van der Waals surface area contributed by atoms with Crippen LogP contribution in [0.4, 0.5) is 5.82 Å². The van der Waals surface area contributed by atoms with Crippen LogP contribution in [0.5, 0.6) is 0 Å². The molecule has 1 atom stereocenters. The van der Waals surface area contributed by atoms with Crippen LogP contribution in [0, 0.1) is 13.8 Å². The van der Waals surface area contributed by atoms with Crippen molar-refractivity contribution >= 4 is 50.9 Å². The van der Waals surface area contributed by atoms with Gasteiger partial charge in [-0.1, -0.05) is 29.3 Å². The molecular weight excluding hydrogens is 453 g/mol. The van der Waals surface area contributed by atoms with Crippen LogP contribution in [0.25, 0.3) is 0 Å². The number of rotatable bonds is 5. The summed E-state index contributed by atoms with van der Waals surface area (Å²) in [5, 5.41) is 12.8. The van der Waals surface area contributed by atoms with E-state index in [1.54, 1.807) is 46.7 Å². The number of anilines is 1. The molecule has 1 N–H and O–H groups in total. The summed E-state index contributed by atoms with van der Waals surface area (Å²) >= 11 is 15.9. The van der Waals surface area contributed by atoms with E-state index in [0.717, 1.165) is 21.4 Å². The van der Waals surface area contributed by atoms with Crippen molar-refractivity contribution in [3.63, 3.8) is 0 Å². The average Bonchev–Trinajstić information content (AvgIpc) is 3.12. The molecule has 0 saturated carbocycles.